The number of nitrogens with one attached hydrogen (secondary N) is 2. The maximum atomic E-state index is 12.6. The molecule has 1 aliphatic rings. The summed E-state index contributed by atoms with van der Waals surface area (Å²) in [5, 5.41) is 5.94. The fourth-order valence-corrected chi connectivity index (χ4v) is 3.41. The number of hydrogen-bond acceptors (Lipinski definition) is 3. The zero-order chi connectivity index (χ0) is 20.3. The third-order valence-electron chi connectivity index (χ3n) is 5.10. The topological polar surface area (TPSA) is 67.4 Å². The predicted octanol–water partition coefficient (Wildman–Crippen LogP) is 3.88. The smallest absolute Gasteiger partial charge is 0.228 e. The molecule has 2 aromatic carbocycles. The van der Waals surface area contributed by atoms with Gasteiger partial charge in [0.05, 0.1) is 18.9 Å². The Hall–Kier alpha value is -2.82. The number of carbonyl (C=O) groups is 2. The fourth-order valence-electron chi connectivity index (χ4n) is 3.41. The average Bonchev–Trinajstić information content (AvgIpc) is 3.47. The van der Waals surface area contributed by atoms with Crippen molar-refractivity contribution in [2.45, 2.75) is 39.2 Å². The summed E-state index contributed by atoms with van der Waals surface area (Å²) in [5.74, 6) is 0.0261. The molecule has 2 N–H and O–H groups in total. The van der Waals surface area contributed by atoms with E-state index in [2.05, 4.69) is 31.4 Å². The van der Waals surface area contributed by atoms with Crippen LogP contribution in [0, 0.1) is 11.8 Å². The van der Waals surface area contributed by atoms with Gasteiger partial charge in [-0.1, -0.05) is 57.2 Å². The van der Waals surface area contributed by atoms with Crippen LogP contribution in [0.5, 0.6) is 5.75 Å². The van der Waals surface area contributed by atoms with E-state index in [0.29, 0.717) is 13.0 Å². The molecule has 2 aromatic rings. The molecule has 0 saturated heterocycles. The Balaban J connectivity index is 1.57. The summed E-state index contributed by atoms with van der Waals surface area (Å²) in [6, 6.07) is 15.4. The molecular formula is C23H28N2O3. The Morgan fingerprint density at radius 2 is 1.64 bits per heavy atom. The maximum Gasteiger partial charge on any atom is 0.228 e. The van der Waals surface area contributed by atoms with Crippen LogP contribution in [0.4, 0.5) is 5.69 Å². The molecule has 2 atom stereocenters. The van der Waals surface area contributed by atoms with E-state index in [1.807, 2.05) is 48.5 Å². The zero-order valence-electron chi connectivity index (χ0n) is 16.9. The summed E-state index contributed by atoms with van der Waals surface area (Å²) in [4.78, 5) is 25.1. The highest BCUT2D eigenvalue weighted by atomic mass is 16.5. The van der Waals surface area contributed by atoms with Crippen molar-refractivity contribution in [1.82, 2.24) is 5.32 Å². The quantitative estimate of drug-likeness (QED) is 0.799. The van der Waals surface area contributed by atoms with Gasteiger partial charge in [0, 0.05) is 17.8 Å². The lowest BCUT2D eigenvalue weighted by Gasteiger charge is -2.23. The standard InChI is InChI=1S/C23H28N2O3/c1-23(2,3)18-10-6-7-11-19(18)25-22(27)17-13-16(17)21(26)24-14-15-9-5-8-12-20(15)28-4/h5-12,16-17H,13-14H2,1-4H3,(H,24,26)(H,25,27). The van der Waals surface area contributed by atoms with Gasteiger partial charge >= 0.3 is 0 Å². The minimum absolute atomic E-state index is 0.0705. The normalized spacial score (nSPS) is 18.3. The van der Waals surface area contributed by atoms with E-state index in [-0.39, 0.29) is 29.1 Å². The second kappa shape index (κ2) is 8.05. The van der Waals surface area contributed by atoms with E-state index < -0.39 is 0 Å². The van der Waals surface area contributed by atoms with Gasteiger partial charge in [0.1, 0.15) is 5.75 Å². The summed E-state index contributed by atoms with van der Waals surface area (Å²) in [7, 11) is 1.61. The summed E-state index contributed by atoms with van der Waals surface area (Å²) in [6.45, 7) is 6.73. The van der Waals surface area contributed by atoms with Crippen LogP contribution in [0.3, 0.4) is 0 Å². The predicted molar refractivity (Wildman–Crippen MR) is 110 cm³/mol. The van der Waals surface area contributed by atoms with Crippen LogP contribution < -0.4 is 15.4 Å². The fraction of sp³-hybridized carbons (Fsp3) is 0.391. The van der Waals surface area contributed by atoms with Crippen LogP contribution in [0.25, 0.3) is 0 Å². The van der Waals surface area contributed by atoms with Gasteiger partial charge in [-0.25, -0.2) is 0 Å². The number of hydrogen-bond donors (Lipinski definition) is 2. The van der Waals surface area contributed by atoms with Crippen molar-refractivity contribution in [3.63, 3.8) is 0 Å². The van der Waals surface area contributed by atoms with E-state index in [0.717, 1.165) is 22.6 Å². The second-order valence-corrected chi connectivity index (χ2v) is 8.26. The third-order valence-corrected chi connectivity index (χ3v) is 5.10. The molecule has 28 heavy (non-hydrogen) atoms. The molecular weight excluding hydrogens is 352 g/mol. The number of methoxy groups -OCH3 is 1. The lowest BCUT2D eigenvalue weighted by Crippen LogP contribution is -2.27. The monoisotopic (exact) mass is 380 g/mol. The number of carbonyl (C=O) groups excluding carboxylic acids is 2. The molecule has 1 aliphatic carbocycles. The number of rotatable bonds is 6. The molecule has 0 bridgehead atoms. The lowest BCUT2D eigenvalue weighted by molar-refractivity contribution is -0.125. The molecule has 0 spiro atoms. The van der Waals surface area contributed by atoms with Gasteiger partial charge in [-0.05, 0) is 29.5 Å². The average molecular weight is 380 g/mol. The number of ether oxygens (including phenoxy) is 1. The first-order valence-electron chi connectivity index (χ1n) is 9.61. The van der Waals surface area contributed by atoms with Gasteiger partial charge in [0.15, 0.2) is 0 Å². The van der Waals surface area contributed by atoms with Crippen molar-refractivity contribution in [3.05, 3.63) is 59.7 Å². The minimum Gasteiger partial charge on any atom is -0.496 e. The summed E-state index contributed by atoms with van der Waals surface area (Å²) >= 11 is 0. The van der Waals surface area contributed by atoms with Crippen molar-refractivity contribution < 1.29 is 14.3 Å². The number of para-hydroxylation sites is 2. The molecule has 0 aliphatic heterocycles. The first kappa shape index (κ1) is 19.9. The van der Waals surface area contributed by atoms with Gasteiger partial charge in [-0.3, -0.25) is 9.59 Å². The van der Waals surface area contributed by atoms with Gasteiger partial charge in [0.25, 0.3) is 0 Å². The Morgan fingerprint density at radius 1 is 1.00 bits per heavy atom. The number of anilines is 1. The van der Waals surface area contributed by atoms with Crippen molar-refractivity contribution in [1.29, 1.82) is 0 Å². The largest absolute Gasteiger partial charge is 0.496 e. The molecule has 0 radical (unpaired) electrons. The van der Waals surface area contributed by atoms with Gasteiger partial charge < -0.3 is 15.4 Å². The Bertz CT molecular complexity index is 870. The molecule has 0 heterocycles. The van der Waals surface area contributed by atoms with Crippen molar-refractivity contribution in [2.75, 3.05) is 12.4 Å². The van der Waals surface area contributed by atoms with Gasteiger partial charge in [-0.15, -0.1) is 0 Å². The minimum atomic E-state index is -0.273. The highest BCUT2D eigenvalue weighted by molar-refractivity contribution is 6.00. The van der Waals surface area contributed by atoms with Gasteiger partial charge in [0.2, 0.25) is 11.8 Å². The molecule has 5 heteroatoms. The SMILES string of the molecule is COc1ccccc1CNC(=O)C1CC1C(=O)Nc1ccccc1C(C)(C)C. The van der Waals surface area contributed by atoms with E-state index in [9.17, 15) is 9.59 Å². The molecule has 2 amide bonds. The van der Waals surface area contributed by atoms with E-state index in [1.165, 1.54) is 0 Å². The highest BCUT2D eigenvalue weighted by Crippen LogP contribution is 2.40. The van der Waals surface area contributed by atoms with Gasteiger partial charge in [-0.2, -0.15) is 0 Å². The Kier molecular flexibility index (Phi) is 5.73. The van der Waals surface area contributed by atoms with Crippen LogP contribution >= 0.6 is 0 Å². The van der Waals surface area contributed by atoms with Crippen LogP contribution in [0.2, 0.25) is 0 Å². The van der Waals surface area contributed by atoms with Crippen LogP contribution in [0.15, 0.2) is 48.5 Å². The summed E-state index contributed by atoms with van der Waals surface area (Å²) < 4.78 is 5.30. The zero-order valence-corrected chi connectivity index (χ0v) is 16.9. The molecule has 2 unspecified atom stereocenters. The van der Waals surface area contributed by atoms with Crippen molar-refractivity contribution in [3.8, 4) is 5.75 Å². The first-order chi connectivity index (χ1) is 13.3. The van der Waals surface area contributed by atoms with E-state index >= 15 is 0 Å². The molecule has 5 nitrogen and oxygen atoms in total. The summed E-state index contributed by atoms with van der Waals surface area (Å²) in [6.07, 6.45) is 0.585. The van der Waals surface area contributed by atoms with Crippen LogP contribution in [-0.2, 0) is 21.5 Å². The lowest BCUT2D eigenvalue weighted by atomic mass is 9.86. The molecule has 1 saturated carbocycles. The Labute approximate surface area is 166 Å². The second-order valence-electron chi connectivity index (χ2n) is 8.26. The number of amides is 2. The molecule has 0 aromatic heterocycles. The van der Waals surface area contributed by atoms with Crippen LogP contribution in [-0.4, -0.2) is 18.9 Å². The van der Waals surface area contributed by atoms with Crippen molar-refractivity contribution >= 4 is 17.5 Å². The number of benzene rings is 2. The van der Waals surface area contributed by atoms with E-state index in [1.54, 1.807) is 7.11 Å². The Morgan fingerprint density at radius 3 is 2.36 bits per heavy atom. The molecule has 3 rings (SSSR count). The molecule has 148 valence electrons. The van der Waals surface area contributed by atoms with Crippen molar-refractivity contribution in [2.24, 2.45) is 11.8 Å². The molecule has 1 fully saturated rings. The summed E-state index contributed by atoms with van der Waals surface area (Å²) in [5.41, 5.74) is 2.75. The highest BCUT2D eigenvalue weighted by Gasteiger charge is 2.48. The van der Waals surface area contributed by atoms with Crippen LogP contribution in [0.1, 0.15) is 38.3 Å². The third kappa shape index (κ3) is 4.53. The maximum absolute atomic E-state index is 12.6. The first-order valence-corrected chi connectivity index (χ1v) is 9.61. The van der Waals surface area contributed by atoms with E-state index in [4.69, 9.17) is 4.74 Å².